The first-order valence-electron chi connectivity index (χ1n) is 18.1. The van der Waals surface area contributed by atoms with Gasteiger partial charge in [-0.3, -0.25) is 0 Å². The summed E-state index contributed by atoms with van der Waals surface area (Å²) in [5.74, 6) is 0. The molecule has 2 aliphatic heterocycles. The molecule has 0 saturated carbocycles. The number of hydrogen-bond donors (Lipinski definition) is 1. The third kappa shape index (κ3) is 4.51. The molecule has 2 heterocycles. The van der Waals surface area contributed by atoms with Crippen molar-refractivity contribution in [3.8, 4) is 22.3 Å². The fourth-order valence-electron chi connectivity index (χ4n) is 8.73. The van der Waals surface area contributed by atoms with Crippen molar-refractivity contribution in [3.63, 3.8) is 0 Å². The maximum Gasteiger partial charge on any atom is 0.171 e. The molecule has 1 unspecified atom stereocenters. The van der Waals surface area contributed by atoms with Crippen LogP contribution in [0, 0.1) is 0 Å². The van der Waals surface area contributed by atoms with Crippen LogP contribution in [0.3, 0.4) is 0 Å². The van der Waals surface area contributed by atoms with Gasteiger partial charge in [0.25, 0.3) is 0 Å². The molecule has 2 aliphatic rings. The lowest BCUT2D eigenvalue weighted by Gasteiger charge is -2.36. The lowest BCUT2D eigenvalue weighted by molar-refractivity contribution is 0.592. The zero-order valence-electron chi connectivity index (χ0n) is 28.8. The topological polar surface area (TPSA) is 32.3 Å². The number of para-hydroxylation sites is 2. The smallest absolute Gasteiger partial charge is 0.171 e. The third-order valence-electron chi connectivity index (χ3n) is 11.2. The molecule has 4 heteroatoms. The fourth-order valence-corrected chi connectivity index (χ4v) is 11.4. The maximum atomic E-state index is 15.1. The van der Waals surface area contributed by atoms with E-state index in [-0.39, 0.29) is 6.17 Å². The van der Waals surface area contributed by atoms with Gasteiger partial charge < -0.3 is 14.8 Å². The predicted octanol–water partition coefficient (Wildman–Crippen LogP) is 11.7. The second kappa shape index (κ2) is 11.5. The lowest BCUT2D eigenvalue weighted by Crippen LogP contribution is -2.27. The highest BCUT2D eigenvalue weighted by molar-refractivity contribution is 7.85. The van der Waals surface area contributed by atoms with Crippen LogP contribution in [-0.4, -0.2) is 0 Å². The molecule has 53 heavy (non-hydrogen) atoms. The van der Waals surface area contributed by atoms with E-state index >= 15 is 4.57 Å². The van der Waals surface area contributed by atoms with Crippen molar-refractivity contribution in [1.29, 1.82) is 0 Å². The summed E-state index contributed by atoms with van der Waals surface area (Å²) < 4.78 is 15.1. The molecule has 0 aliphatic carbocycles. The van der Waals surface area contributed by atoms with Gasteiger partial charge in [-0.25, -0.2) is 0 Å². The Labute approximate surface area is 308 Å². The van der Waals surface area contributed by atoms with Crippen LogP contribution in [0.25, 0.3) is 54.6 Å². The van der Waals surface area contributed by atoms with Gasteiger partial charge in [-0.1, -0.05) is 158 Å². The maximum absolute atomic E-state index is 15.1. The van der Waals surface area contributed by atoms with Crippen LogP contribution in [-0.2, 0) is 4.57 Å². The number of hydrogen-bond acceptors (Lipinski definition) is 3. The number of rotatable bonds is 4. The Morgan fingerprint density at radius 1 is 0.453 bits per heavy atom. The second-order valence-corrected chi connectivity index (χ2v) is 16.9. The molecular formula is C49H33N2OP. The molecule has 0 spiro atoms. The molecule has 0 aromatic heterocycles. The molecule has 9 aromatic rings. The molecule has 0 saturated heterocycles. The molecule has 9 aromatic carbocycles. The zero-order chi connectivity index (χ0) is 35.1. The van der Waals surface area contributed by atoms with Gasteiger partial charge in [-0.2, -0.15) is 0 Å². The number of benzene rings is 9. The summed E-state index contributed by atoms with van der Waals surface area (Å²) in [6.07, 6.45) is 0.0522. The van der Waals surface area contributed by atoms with E-state index in [2.05, 4.69) is 138 Å². The van der Waals surface area contributed by atoms with E-state index in [4.69, 9.17) is 0 Å². The van der Waals surface area contributed by atoms with Crippen LogP contribution >= 0.6 is 7.14 Å². The molecule has 1 N–H and O–H groups in total. The van der Waals surface area contributed by atoms with E-state index in [1.165, 1.54) is 60.7 Å². The molecule has 11 rings (SSSR count). The van der Waals surface area contributed by atoms with Crippen molar-refractivity contribution in [3.05, 3.63) is 194 Å². The minimum Gasteiger partial charge on any atom is -0.359 e. The van der Waals surface area contributed by atoms with Crippen LogP contribution in [0.1, 0.15) is 11.7 Å². The number of nitrogens with one attached hydrogen (secondary N) is 1. The minimum atomic E-state index is -3.06. The Morgan fingerprint density at radius 2 is 1.02 bits per heavy atom. The minimum absolute atomic E-state index is 0.0522. The first-order chi connectivity index (χ1) is 26.1. The normalized spacial score (nSPS) is 14.4. The van der Waals surface area contributed by atoms with Gasteiger partial charge in [0.2, 0.25) is 0 Å². The summed E-state index contributed by atoms with van der Waals surface area (Å²) in [5, 5.41) is 13.4. The first kappa shape index (κ1) is 30.2. The zero-order valence-corrected chi connectivity index (χ0v) is 29.7. The van der Waals surface area contributed by atoms with Crippen molar-refractivity contribution >= 4 is 72.4 Å². The van der Waals surface area contributed by atoms with Crippen molar-refractivity contribution in [2.45, 2.75) is 6.17 Å². The molecule has 1 atom stereocenters. The number of fused-ring (bicyclic) bond motifs is 13. The van der Waals surface area contributed by atoms with Gasteiger partial charge in [0, 0.05) is 32.4 Å². The summed E-state index contributed by atoms with van der Waals surface area (Å²) in [4.78, 5) is 2.49. The lowest BCUT2D eigenvalue weighted by atomic mass is 9.88. The Kier molecular flexibility index (Phi) is 6.59. The quantitative estimate of drug-likeness (QED) is 0.147. The molecule has 0 bridgehead atoms. The summed E-state index contributed by atoms with van der Waals surface area (Å²) in [6, 6.07) is 66.2. The number of anilines is 3. The largest absolute Gasteiger partial charge is 0.359 e. The van der Waals surface area contributed by atoms with Crippen LogP contribution in [0.15, 0.2) is 188 Å². The summed E-state index contributed by atoms with van der Waals surface area (Å²) in [5.41, 5.74) is 9.84. The summed E-state index contributed by atoms with van der Waals surface area (Å²) in [6.45, 7) is 0. The van der Waals surface area contributed by atoms with Crippen molar-refractivity contribution in [2.24, 2.45) is 0 Å². The van der Waals surface area contributed by atoms with E-state index in [0.717, 1.165) is 32.4 Å². The van der Waals surface area contributed by atoms with E-state index in [1.807, 2.05) is 60.7 Å². The summed E-state index contributed by atoms with van der Waals surface area (Å²) in [7, 11) is -3.06. The molecule has 3 nitrogen and oxygen atoms in total. The highest BCUT2D eigenvalue weighted by Gasteiger charge is 2.38. The Morgan fingerprint density at radius 3 is 1.75 bits per heavy atom. The van der Waals surface area contributed by atoms with Crippen molar-refractivity contribution in [1.82, 2.24) is 0 Å². The van der Waals surface area contributed by atoms with Gasteiger partial charge in [0.15, 0.2) is 7.14 Å². The highest BCUT2D eigenvalue weighted by atomic mass is 31.2. The van der Waals surface area contributed by atoms with Crippen LogP contribution < -0.4 is 26.1 Å². The first-order valence-corrected chi connectivity index (χ1v) is 19.9. The van der Waals surface area contributed by atoms with Gasteiger partial charge in [-0.05, 0) is 74.0 Å². The Balaban J connectivity index is 1.00. The number of nitrogens with zero attached hydrogens (tertiary/aromatic N) is 1. The molecule has 0 fully saturated rings. The van der Waals surface area contributed by atoms with Gasteiger partial charge in [0.1, 0.15) is 6.17 Å². The summed E-state index contributed by atoms with van der Waals surface area (Å²) >= 11 is 0. The van der Waals surface area contributed by atoms with Crippen LogP contribution in [0.4, 0.5) is 17.1 Å². The third-order valence-corrected chi connectivity index (χ3v) is 14.3. The molecule has 0 radical (unpaired) electrons. The average Bonchev–Trinajstić information content (AvgIpc) is 3.63. The Bertz CT molecular complexity index is 2930. The Hall–Kier alpha value is -6.41. The molecule has 250 valence electrons. The standard InChI is InChI=1S/C49H33N2OP/c52-53(37-11-3-1-4-12-37,38-13-5-2-6-14-38)39-24-28-41-36(31-39)20-19-34-29-32(21-25-40(34)41)33-22-26-42-35(30-33)23-27-44-43-15-7-8-16-45(43)49-50-46-17-9-10-18-47(46)51(49)48(42)44/h1-31,49-50H. The highest BCUT2D eigenvalue weighted by Crippen LogP contribution is 2.56. The van der Waals surface area contributed by atoms with Crippen molar-refractivity contribution < 1.29 is 4.57 Å². The van der Waals surface area contributed by atoms with E-state index in [0.29, 0.717) is 0 Å². The fraction of sp³-hybridized carbons (Fsp3) is 0.0204. The van der Waals surface area contributed by atoms with E-state index in [1.54, 1.807) is 0 Å². The van der Waals surface area contributed by atoms with E-state index in [9.17, 15) is 0 Å². The van der Waals surface area contributed by atoms with Gasteiger partial charge >= 0.3 is 0 Å². The second-order valence-electron chi connectivity index (χ2n) is 14.1. The van der Waals surface area contributed by atoms with Crippen LogP contribution in [0.5, 0.6) is 0 Å². The van der Waals surface area contributed by atoms with Gasteiger partial charge in [-0.15, -0.1) is 0 Å². The molecular weight excluding hydrogens is 664 g/mol. The average molecular weight is 697 g/mol. The van der Waals surface area contributed by atoms with Crippen LogP contribution in [0.2, 0.25) is 0 Å². The van der Waals surface area contributed by atoms with Gasteiger partial charge in [0.05, 0.1) is 17.1 Å². The predicted molar refractivity (Wildman–Crippen MR) is 224 cm³/mol. The molecule has 0 amide bonds. The monoisotopic (exact) mass is 696 g/mol. The SMILES string of the molecule is O=P(c1ccccc1)(c1ccccc1)c1ccc2c(ccc3cc(-c4ccc5c6c(ccc5c4)-c4ccccc4C4Nc5ccccc5N64)ccc32)c1. The van der Waals surface area contributed by atoms with E-state index < -0.39 is 7.14 Å². The van der Waals surface area contributed by atoms with Crippen molar-refractivity contribution in [2.75, 3.05) is 10.2 Å².